The van der Waals surface area contributed by atoms with Crippen molar-refractivity contribution in [2.24, 2.45) is 11.3 Å². The molecule has 1 N–H and O–H groups in total. The first-order chi connectivity index (χ1) is 17.6. The van der Waals surface area contributed by atoms with Crippen molar-refractivity contribution >= 4 is 44.9 Å². The molecule has 1 aliphatic rings. The van der Waals surface area contributed by atoms with Crippen molar-refractivity contribution in [2.75, 3.05) is 11.1 Å². The lowest BCUT2D eigenvalue weighted by Gasteiger charge is -2.33. The number of carbonyl (C=O) groups excluding carboxylic acids is 1. The molecule has 7 heteroatoms. The van der Waals surface area contributed by atoms with Crippen LogP contribution in [0, 0.1) is 25.2 Å². The predicted octanol–water partition coefficient (Wildman–Crippen LogP) is 6.95. The first kappa shape index (κ1) is 25.7. The monoisotopic (exact) mass is 531 g/mol. The Bertz CT molecular complexity index is 1510. The van der Waals surface area contributed by atoms with E-state index in [1.807, 2.05) is 62.4 Å². The van der Waals surface area contributed by atoms with Gasteiger partial charge in [0.05, 0.1) is 16.8 Å². The number of aryl methyl sites for hydroxylation is 3. The fourth-order valence-corrected chi connectivity index (χ4v) is 7.08. The largest absolute Gasteiger partial charge is 0.325 e. The van der Waals surface area contributed by atoms with Gasteiger partial charge in [-0.15, -0.1) is 11.3 Å². The summed E-state index contributed by atoms with van der Waals surface area (Å²) in [4.78, 5) is 33.8. The lowest BCUT2D eigenvalue weighted by atomic mass is 9.72. The van der Waals surface area contributed by atoms with Crippen LogP contribution in [-0.2, 0) is 17.6 Å². The van der Waals surface area contributed by atoms with E-state index in [1.165, 1.54) is 22.2 Å². The summed E-state index contributed by atoms with van der Waals surface area (Å²) in [5, 5.41) is 4.24. The zero-order valence-electron chi connectivity index (χ0n) is 22.1. The molecule has 0 spiro atoms. The van der Waals surface area contributed by atoms with Crippen LogP contribution in [-0.4, -0.2) is 21.2 Å². The predicted molar refractivity (Wildman–Crippen MR) is 155 cm³/mol. The second kappa shape index (κ2) is 10.1. The summed E-state index contributed by atoms with van der Waals surface area (Å²) in [6.45, 7) is 10.9. The van der Waals surface area contributed by atoms with E-state index in [9.17, 15) is 9.59 Å². The third kappa shape index (κ3) is 5.39. The van der Waals surface area contributed by atoms with Gasteiger partial charge in [-0.25, -0.2) is 4.98 Å². The number of fused-ring (bicyclic) bond motifs is 3. The fourth-order valence-electron chi connectivity index (χ4n) is 4.93. The summed E-state index contributed by atoms with van der Waals surface area (Å²) in [5.41, 5.74) is 5.16. The van der Waals surface area contributed by atoms with Crippen molar-refractivity contribution < 1.29 is 4.79 Å². The van der Waals surface area contributed by atoms with Gasteiger partial charge >= 0.3 is 0 Å². The summed E-state index contributed by atoms with van der Waals surface area (Å²) in [6.07, 6.45) is 2.99. The number of aromatic nitrogens is 2. The van der Waals surface area contributed by atoms with Crippen molar-refractivity contribution in [2.45, 2.75) is 59.0 Å². The minimum absolute atomic E-state index is 0.0398. The van der Waals surface area contributed by atoms with Crippen LogP contribution in [0.1, 0.15) is 48.8 Å². The highest BCUT2D eigenvalue weighted by Gasteiger charge is 2.32. The molecule has 4 aromatic rings. The molecule has 5 nitrogen and oxygen atoms in total. The summed E-state index contributed by atoms with van der Waals surface area (Å²) < 4.78 is 1.69. The number of thiophene rings is 1. The third-order valence-corrected chi connectivity index (χ3v) is 9.32. The van der Waals surface area contributed by atoms with Crippen molar-refractivity contribution in [3.63, 3.8) is 0 Å². The van der Waals surface area contributed by atoms with Gasteiger partial charge in [-0.2, -0.15) is 0 Å². The number of benzene rings is 2. The quantitative estimate of drug-likeness (QED) is 0.224. The Morgan fingerprint density at radius 2 is 1.73 bits per heavy atom. The van der Waals surface area contributed by atoms with Crippen LogP contribution in [0.15, 0.2) is 58.5 Å². The van der Waals surface area contributed by atoms with E-state index in [2.05, 4.69) is 26.1 Å². The number of hydrogen-bond acceptors (Lipinski definition) is 5. The maximum atomic E-state index is 14.0. The van der Waals surface area contributed by atoms with Gasteiger partial charge in [-0.3, -0.25) is 14.2 Å². The van der Waals surface area contributed by atoms with Gasteiger partial charge < -0.3 is 5.32 Å². The fraction of sp³-hybridized carbons (Fsp3) is 0.367. The topological polar surface area (TPSA) is 64.0 Å². The number of anilines is 1. The Balaban J connectivity index is 1.52. The Morgan fingerprint density at radius 1 is 1.08 bits per heavy atom. The molecule has 2 heterocycles. The number of carbonyl (C=O) groups is 1. The Kier molecular flexibility index (Phi) is 7.03. The average molecular weight is 532 g/mol. The summed E-state index contributed by atoms with van der Waals surface area (Å²) in [7, 11) is 0. The number of amides is 1. The highest BCUT2D eigenvalue weighted by Crippen LogP contribution is 2.42. The molecular formula is C30H33N3O2S2. The number of nitrogens with one attached hydrogen (secondary N) is 1. The normalized spacial score (nSPS) is 15.5. The van der Waals surface area contributed by atoms with Crippen LogP contribution >= 0.6 is 23.1 Å². The van der Waals surface area contributed by atoms with E-state index < -0.39 is 0 Å². The van der Waals surface area contributed by atoms with E-state index in [4.69, 9.17) is 4.98 Å². The van der Waals surface area contributed by atoms with Crippen LogP contribution in [0.5, 0.6) is 0 Å². The molecule has 37 heavy (non-hydrogen) atoms. The molecule has 5 rings (SSSR count). The molecule has 0 aliphatic heterocycles. The zero-order valence-corrected chi connectivity index (χ0v) is 23.7. The molecule has 1 amide bonds. The Morgan fingerprint density at radius 3 is 2.38 bits per heavy atom. The molecule has 0 bridgehead atoms. The molecule has 1 atom stereocenters. The highest BCUT2D eigenvalue weighted by atomic mass is 32.2. The lowest BCUT2D eigenvalue weighted by molar-refractivity contribution is -0.113. The van der Waals surface area contributed by atoms with E-state index in [0.29, 0.717) is 11.1 Å². The van der Waals surface area contributed by atoms with E-state index >= 15 is 0 Å². The van der Waals surface area contributed by atoms with Gasteiger partial charge in [0.2, 0.25) is 5.91 Å². The molecular weight excluding hydrogens is 498 g/mol. The second-order valence-corrected chi connectivity index (χ2v) is 13.1. The van der Waals surface area contributed by atoms with Crippen LogP contribution in [0.3, 0.4) is 0 Å². The molecule has 0 saturated heterocycles. The molecule has 1 unspecified atom stereocenters. The third-order valence-electron chi connectivity index (χ3n) is 7.24. The van der Waals surface area contributed by atoms with Crippen LogP contribution < -0.4 is 10.9 Å². The molecule has 0 fully saturated rings. The number of rotatable bonds is 5. The van der Waals surface area contributed by atoms with Gasteiger partial charge in [0.15, 0.2) is 5.16 Å². The second-order valence-electron chi connectivity index (χ2n) is 11.1. The molecule has 0 saturated carbocycles. The average Bonchev–Trinajstić information content (AvgIpc) is 3.22. The molecule has 1 aliphatic carbocycles. The smallest absolute Gasteiger partial charge is 0.267 e. The maximum Gasteiger partial charge on any atom is 0.267 e. The molecule has 2 aromatic heterocycles. The summed E-state index contributed by atoms with van der Waals surface area (Å²) >= 11 is 2.96. The van der Waals surface area contributed by atoms with Gasteiger partial charge in [-0.1, -0.05) is 67.9 Å². The van der Waals surface area contributed by atoms with Crippen LogP contribution in [0.25, 0.3) is 15.9 Å². The molecule has 192 valence electrons. The standard InChI is InChI=1S/C30H33N3O2S2/c1-18-6-11-21(12-7-18)31-25(34)17-36-29-32-27-26(28(35)33(29)22-13-8-19(2)9-14-22)23-15-10-20(30(3,4)5)16-24(23)37-27/h6-9,11-14,20H,10,15-17H2,1-5H3,(H,31,34). The van der Waals surface area contributed by atoms with E-state index in [0.717, 1.165) is 52.0 Å². The summed E-state index contributed by atoms with van der Waals surface area (Å²) in [5.74, 6) is 0.623. The van der Waals surface area contributed by atoms with Crippen molar-refractivity contribution in [3.8, 4) is 5.69 Å². The first-order valence-corrected chi connectivity index (χ1v) is 14.5. The van der Waals surface area contributed by atoms with Crippen molar-refractivity contribution in [1.29, 1.82) is 0 Å². The van der Waals surface area contributed by atoms with Gasteiger partial charge in [0, 0.05) is 10.6 Å². The van der Waals surface area contributed by atoms with E-state index in [-0.39, 0.29) is 22.6 Å². The Labute approximate surface area is 226 Å². The number of thioether (sulfide) groups is 1. The van der Waals surface area contributed by atoms with Crippen molar-refractivity contribution in [3.05, 3.63) is 80.5 Å². The minimum Gasteiger partial charge on any atom is -0.325 e. The maximum absolute atomic E-state index is 14.0. The Hall–Kier alpha value is -2.90. The van der Waals surface area contributed by atoms with Crippen LogP contribution in [0.4, 0.5) is 5.69 Å². The lowest BCUT2D eigenvalue weighted by Crippen LogP contribution is -2.27. The van der Waals surface area contributed by atoms with Crippen LogP contribution in [0.2, 0.25) is 0 Å². The van der Waals surface area contributed by atoms with Gasteiger partial charge in [0.25, 0.3) is 5.56 Å². The van der Waals surface area contributed by atoms with Gasteiger partial charge in [0.1, 0.15) is 4.83 Å². The summed E-state index contributed by atoms with van der Waals surface area (Å²) in [6, 6.07) is 15.6. The highest BCUT2D eigenvalue weighted by molar-refractivity contribution is 7.99. The minimum atomic E-state index is -0.128. The molecule has 0 radical (unpaired) electrons. The zero-order chi connectivity index (χ0) is 26.3. The first-order valence-electron chi connectivity index (χ1n) is 12.7. The van der Waals surface area contributed by atoms with Crippen molar-refractivity contribution in [1.82, 2.24) is 9.55 Å². The number of hydrogen-bond donors (Lipinski definition) is 1. The molecule has 2 aromatic carbocycles. The van der Waals surface area contributed by atoms with E-state index in [1.54, 1.807) is 15.9 Å². The van der Waals surface area contributed by atoms with Gasteiger partial charge in [-0.05, 0) is 74.3 Å². The SMILES string of the molecule is Cc1ccc(NC(=O)CSc2nc3sc4c(c3c(=O)n2-c2ccc(C)cc2)CCC(C(C)(C)C)C4)cc1. The number of nitrogens with zero attached hydrogens (tertiary/aromatic N) is 2.